The van der Waals surface area contributed by atoms with E-state index in [1.807, 2.05) is 59.5 Å². The van der Waals surface area contributed by atoms with Crippen LogP contribution in [0.3, 0.4) is 0 Å². The highest BCUT2D eigenvalue weighted by Crippen LogP contribution is 2.23. The Hall–Kier alpha value is -4.28. The largest absolute Gasteiger partial charge is 0.496 e. The first-order valence-corrected chi connectivity index (χ1v) is 13.9. The summed E-state index contributed by atoms with van der Waals surface area (Å²) in [6, 6.07) is 20.0. The highest BCUT2D eigenvalue weighted by atomic mass is 19.1. The van der Waals surface area contributed by atoms with Crippen LogP contribution in [0.15, 0.2) is 82.4 Å². The zero-order valence-corrected chi connectivity index (χ0v) is 23.8. The second-order valence-electron chi connectivity index (χ2n) is 10.5. The first kappa shape index (κ1) is 29.2. The van der Waals surface area contributed by atoms with Gasteiger partial charge in [0.1, 0.15) is 23.1 Å². The topological polar surface area (TPSA) is 85.7 Å². The molecule has 0 saturated carbocycles. The summed E-state index contributed by atoms with van der Waals surface area (Å²) in [6.45, 7) is 4.30. The number of rotatable bonds is 9. The maximum Gasteiger partial charge on any atom is 0.331 e. The predicted octanol–water partition coefficient (Wildman–Crippen LogP) is 3.68. The van der Waals surface area contributed by atoms with Gasteiger partial charge < -0.3 is 15.4 Å². The molecule has 0 amide bonds. The number of para-hydroxylation sites is 1. The first-order valence-electron chi connectivity index (χ1n) is 13.9. The summed E-state index contributed by atoms with van der Waals surface area (Å²) in [5.41, 5.74) is 7.60. The van der Waals surface area contributed by atoms with E-state index >= 15 is 0 Å². The number of hydrogen-bond donors (Lipinski definition) is 1. The summed E-state index contributed by atoms with van der Waals surface area (Å²) in [4.78, 5) is 31.9. The molecule has 0 bridgehead atoms. The fourth-order valence-corrected chi connectivity index (χ4v) is 5.55. The maximum atomic E-state index is 14.7. The third-order valence-electron chi connectivity index (χ3n) is 7.92. The van der Waals surface area contributed by atoms with Gasteiger partial charge in [-0.3, -0.25) is 18.8 Å². The number of halogens is 2. The molecule has 2 N–H and O–H groups in total. The van der Waals surface area contributed by atoms with Crippen LogP contribution in [0.5, 0.6) is 5.75 Å². The fraction of sp³-hybridized carbons (Fsp3) is 0.312. The number of methoxy groups -OCH3 is 1. The van der Waals surface area contributed by atoms with Gasteiger partial charge in [-0.25, -0.2) is 13.6 Å². The molecule has 1 atom stereocenters. The summed E-state index contributed by atoms with van der Waals surface area (Å²) in [7, 11) is 1.65. The first-order chi connectivity index (χ1) is 20.3. The van der Waals surface area contributed by atoms with E-state index in [-0.39, 0.29) is 18.7 Å². The Morgan fingerprint density at radius 3 is 2.14 bits per heavy atom. The lowest BCUT2D eigenvalue weighted by Gasteiger charge is -2.37. The van der Waals surface area contributed by atoms with Crippen molar-refractivity contribution in [3.05, 3.63) is 128 Å². The number of piperazine rings is 1. The molecular weight excluding hydrogens is 540 g/mol. The lowest BCUT2D eigenvalue weighted by atomic mass is 10.1. The average molecular weight is 576 g/mol. The molecule has 0 spiro atoms. The number of ether oxygens (including phenoxy) is 1. The minimum Gasteiger partial charge on any atom is -0.496 e. The van der Waals surface area contributed by atoms with Crippen LogP contribution in [0.25, 0.3) is 0 Å². The second kappa shape index (κ2) is 12.7. The van der Waals surface area contributed by atoms with E-state index in [0.717, 1.165) is 33.6 Å². The number of aromatic nitrogens is 2. The van der Waals surface area contributed by atoms with Crippen LogP contribution in [-0.2, 0) is 19.6 Å². The summed E-state index contributed by atoms with van der Waals surface area (Å²) in [6.07, 6.45) is 0. The molecule has 1 saturated heterocycles. The number of anilines is 1. The Balaban J connectivity index is 1.49. The van der Waals surface area contributed by atoms with Gasteiger partial charge in [-0.05, 0) is 30.7 Å². The quantitative estimate of drug-likeness (QED) is 0.328. The number of hydrogen-bond acceptors (Lipinski definition) is 6. The van der Waals surface area contributed by atoms with Crippen LogP contribution in [0.4, 0.5) is 14.5 Å². The molecule has 0 radical (unpaired) electrons. The zero-order chi connectivity index (χ0) is 29.8. The van der Waals surface area contributed by atoms with Crippen molar-refractivity contribution in [1.82, 2.24) is 14.0 Å². The molecular formula is C32H35F2N5O3. The van der Waals surface area contributed by atoms with Crippen LogP contribution in [0.1, 0.15) is 28.4 Å². The van der Waals surface area contributed by atoms with Crippen molar-refractivity contribution in [3.63, 3.8) is 0 Å². The Morgan fingerprint density at radius 2 is 1.48 bits per heavy atom. The molecule has 8 nitrogen and oxygen atoms in total. The van der Waals surface area contributed by atoms with Crippen molar-refractivity contribution < 1.29 is 13.5 Å². The van der Waals surface area contributed by atoms with Crippen molar-refractivity contribution in [2.24, 2.45) is 5.73 Å². The van der Waals surface area contributed by atoms with Crippen molar-refractivity contribution in [1.29, 1.82) is 0 Å². The molecule has 1 fully saturated rings. The standard InChI is InChI=1S/C32H35F2N5O3/c1-22-30(37-17-15-36(16-18-37)19-24-11-6-7-14-29(24)42-2)31(40)39(21-28(35)23-9-4-3-5-10-23)32(41)38(22)20-25-26(33)12-8-13-27(25)34/h3-14,28H,15-21,35H2,1-2H3. The minimum absolute atomic E-state index is 0.0809. The number of benzene rings is 3. The van der Waals surface area contributed by atoms with E-state index in [1.165, 1.54) is 10.6 Å². The molecule has 4 aromatic rings. The van der Waals surface area contributed by atoms with Crippen LogP contribution in [0.2, 0.25) is 0 Å². The lowest BCUT2D eigenvalue weighted by molar-refractivity contribution is 0.245. The van der Waals surface area contributed by atoms with Crippen molar-refractivity contribution in [3.8, 4) is 5.75 Å². The highest BCUT2D eigenvalue weighted by Gasteiger charge is 2.27. The van der Waals surface area contributed by atoms with Gasteiger partial charge in [-0.1, -0.05) is 54.6 Å². The third-order valence-corrected chi connectivity index (χ3v) is 7.92. The van der Waals surface area contributed by atoms with Gasteiger partial charge in [-0.15, -0.1) is 0 Å². The van der Waals surface area contributed by atoms with Crippen LogP contribution in [0, 0.1) is 18.6 Å². The van der Waals surface area contributed by atoms with Crippen LogP contribution in [-0.4, -0.2) is 47.3 Å². The van der Waals surface area contributed by atoms with E-state index in [4.69, 9.17) is 10.5 Å². The van der Waals surface area contributed by atoms with E-state index in [2.05, 4.69) is 4.90 Å². The van der Waals surface area contributed by atoms with Crippen molar-refractivity contribution in [2.45, 2.75) is 32.6 Å². The van der Waals surface area contributed by atoms with Gasteiger partial charge >= 0.3 is 5.69 Å². The van der Waals surface area contributed by atoms with E-state index in [1.54, 1.807) is 14.0 Å². The van der Waals surface area contributed by atoms with Gasteiger partial charge in [0.05, 0.1) is 20.2 Å². The molecule has 10 heteroatoms. The predicted molar refractivity (Wildman–Crippen MR) is 159 cm³/mol. The maximum absolute atomic E-state index is 14.7. The SMILES string of the molecule is COc1ccccc1CN1CCN(c2c(C)n(Cc3c(F)cccc3F)c(=O)n(CC(N)c3ccccc3)c2=O)CC1. The summed E-state index contributed by atoms with van der Waals surface area (Å²) in [5, 5.41) is 0. The Bertz CT molecular complexity index is 1640. The zero-order valence-electron chi connectivity index (χ0n) is 23.8. The van der Waals surface area contributed by atoms with E-state index in [0.29, 0.717) is 44.1 Å². The van der Waals surface area contributed by atoms with Crippen LogP contribution >= 0.6 is 0 Å². The fourth-order valence-electron chi connectivity index (χ4n) is 5.55. The summed E-state index contributed by atoms with van der Waals surface area (Å²) >= 11 is 0. The molecule has 1 unspecified atom stereocenters. The third kappa shape index (κ3) is 6.00. The van der Waals surface area contributed by atoms with Gasteiger partial charge in [0, 0.05) is 55.6 Å². The molecule has 1 aliphatic rings. The Kier molecular flexibility index (Phi) is 8.84. The monoisotopic (exact) mass is 575 g/mol. The van der Waals surface area contributed by atoms with Gasteiger partial charge in [0.2, 0.25) is 0 Å². The average Bonchev–Trinajstić information content (AvgIpc) is 3.00. The van der Waals surface area contributed by atoms with Gasteiger partial charge in [0.15, 0.2) is 0 Å². The highest BCUT2D eigenvalue weighted by molar-refractivity contribution is 5.50. The van der Waals surface area contributed by atoms with Gasteiger partial charge in [-0.2, -0.15) is 0 Å². The Labute approximate surface area is 243 Å². The number of nitrogens with zero attached hydrogens (tertiary/aromatic N) is 4. The van der Waals surface area contributed by atoms with Gasteiger partial charge in [0.25, 0.3) is 5.56 Å². The normalized spacial score (nSPS) is 14.6. The van der Waals surface area contributed by atoms with Crippen molar-refractivity contribution >= 4 is 5.69 Å². The Morgan fingerprint density at radius 1 is 0.833 bits per heavy atom. The molecule has 3 aromatic carbocycles. The molecule has 220 valence electrons. The second-order valence-corrected chi connectivity index (χ2v) is 10.5. The smallest absolute Gasteiger partial charge is 0.331 e. The number of nitrogens with two attached hydrogens (primary N) is 1. The van der Waals surface area contributed by atoms with Crippen molar-refractivity contribution in [2.75, 3.05) is 38.2 Å². The van der Waals surface area contributed by atoms with E-state index in [9.17, 15) is 18.4 Å². The molecule has 42 heavy (non-hydrogen) atoms. The molecule has 2 heterocycles. The van der Waals surface area contributed by atoms with E-state index < -0.39 is 28.9 Å². The molecule has 1 aromatic heterocycles. The van der Waals surface area contributed by atoms with Crippen LogP contribution < -0.4 is 26.6 Å². The molecule has 0 aliphatic carbocycles. The summed E-state index contributed by atoms with van der Waals surface area (Å²) in [5.74, 6) is -0.695. The molecule has 5 rings (SSSR count). The minimum atomic E-state index is -0.758. The lowest BCUT2D eigenvalue weighted by Crippen LogP contribution is -2.51. The summed E-state index contributed by atoms with van der Waals surface area (Å²) < 4.78 is 37.2. The molecule has 1 aliphatic heterocycles.